The number of hydrogen-bond donors (Lipinski definition) is 0. The third kappa shape index (κ3) is 4.82. The number of aromatic nitrogens is 2. The van der Waals surface area contributed by atoms with E-state index < -0.39 is 0 Å². The van der Waals surface area contributed by atoms with Crippen LogP contribution in [0.1, 0.15) is 24.0 Å². The molecule has 0 saturated carbocycles. The molecule has 0 N–H and O–H groups in total. The molecule has 2 aromatic heterocycles. The molecule has 252 valence electrons. The van der Waals surface area contributed by atoms with Gasteiger partial charge in [0.25, 0.3) is 0 Å². The van der Waals surface area contributed by atoms with Crippen LogP contribution in [0.25, 0.3) is 88.4 Å². The summed E-state index contributed by atoms with van der Waals surface area (Å²) in [4.78, 5) is 0. The smallest absolute Gasteiger partial charge is 0.0991 e. The van der Waals surface area contributed by atoms with Gasteiger partial charge in [-0.1, -0.05) is 115 Å². The number of nitrogens with zero attached hydrogens (tertiary/aromatic N) is 4. The molecule has 0 spiro atoms. The van der Waals surface area contributed by atoms with E-state index in [-0.39, 0.29) is 0 Å². The van der Waals surface area contributed by atoms with Gasteiger partial charge in [0, 0.05) is 44.1 Å². The topological polar surface area (TPSA) is 57.4 Å². The Hall–Kier alpha value is -7.40. The maximum Gasteiger partial charge on any atom is 0.0991 e. The highest BCUT2D eigenvalue weighted by molar-refractivity contribution is 6.17. The van der Waals surface area contributed by atoms with Crippen LogP contribution in [0.15, 0.2) is 170 Å². The molecule has 0 atom stereocenters. The molecule has 0 bridgehead atoms. The molecule has 0 amide bonds. The second-order valence-electron chi connectivity index (χ2n) is 13.8. The van der Waals surface area contributed by atoms with Crippen LogP contribution in [0, 0.1) is 22.7 Å². The predicted octanol–water partition coefficient (Wildman–Crippen LogP) is 12.8. The van der Waals surface area contributed by atoms with Gasteiger partial charge in [-0.15, -0.1) is 0 Å². The highest BCUT2D eigenvalue weighted by Crippen LogP contribution is 2.46. The fourth-order valence-corrected chi connectivity index (χ4v) is 8.48. The average Bonchev–Trinajstić information content (AvgIpc) is 3.77. The Morgan fingerprint density at radius 2 is 0.944 bits per heavy atom. The molecule has 0 aliphatic heterocycles. The second-order valence-corrected chi connectivity index (χ2v) is 13.8. The minimum absolute atomic E-state index is 0.636. The number of fused-ring (bicyclic) bond motifs is 6. The van der Waals surface area contributed by atoms with E-state index in [4.69, 9.17) is 0 Å². The normalized spacial score (nSPS) is 12.7. The van der Waals surface area contributed by atoms with Crippen molar-refractivity contribution in [3.8, 4) is 51.2 Å². The highest BCUT2D eigenvalue weighted by Gasteiger charge is 2.22. The molecule has 0 saturated heterocycles. The first-order chi connectivity index (χ1) is 26.7. The summed E-state index contributed by atoms with van der Waals surface area (Å²) in [6, 6.07) is 57.7. The lowest BCUT2D eigenvalue weighted by Crippen LogP contribution is -1.99. The first-order valence-electron chi connectivity index (χ1n) is 18.3. The Morgan fingerprint density at radius 1 is 0.426 bits per heavy atom. The summed E-state index contributed by atoms with van der Waals surface area (Å²) in [5, 5.41) is 24.0. The Kier molecular flexibility index (Phi) is 7.36. The van der Waals surface area contributed by atoms with Crippen molar-refractivity contribution in [2.75, 3.05) is 0 Å². The van der Waals surface area contributed by atoms with Crippen LogP contribution >= 0.6 is 0 Å². The standard InChI is InChI=1S/C50H32N4/c51-31-33-24-27-36(28-25-33)54-47-23-9-8-18-41(47)44-21-10-19-42(49(44)54)39-16-6-4-14-37(39)38-15-5-7-17-40(38)43-20-11-22-45-46-30-34(32-52)26-29-48(46)53(50(43)45)35-12-2-1-3-13-35/h2,4-30H,1,3H2. The molecule has 9 aromatic rings. The van der Waals surface area contributed by atoms with Crippen molar-refractivity contribution in [1.82, 2.24) is 9.13 Å². The van der Waals surface area contributed by atoms with Crippen molar-refractivity contribution in [2.24, 2.45) is 0 Å². The third-order valence-electron chi connectivity index (χ3n) is 10.8. The van der Waals surface area contributed by atoms with E-state index in [0.29, 0.717) is 11.1 Å². The molecule has 0 unspecified atom stereocenters. The number of nitriles is 2. The Morgan fingerprint density at radius 3 is 1.57 bits per heavy atom. The summed E-state index contributed by atoms with van der Waals surface area (Å²) < 4.78 is 4.72. The monoisotopic (exact) mass is 688 g/mol. The van der Waals surface area contributed by atoms with Gasteiger partial charge >= 0.3 is 0 Å². The highest BCUT2D eigenvalue weighted by atomic mass is 15.0. The Labute approximate surface area is 313 Å². The maximum atomic E-state index is 9.86. The number of rotatable bonds is 5. The molecule has 10 rings (SSSR count). The summed E-state index contributed by atoms with van der Waals surface area (Å²) in [6.07, 6.45) is 8.82. The number of allylic oxidation sites excluding steroid dienone is 4. The van der Waals surface area contributed by atoms with Crippen molar-refractivity contribution in [1.29, 1.82) is 10.5 Å². The maximum absolute atomic E-state index is 9.86. The zero-order chi connectivity index (χ0) is 36.2. The lowest BCUT2D eigenvalue weighted by molar-refractivity contribution is 1.02. The summed E-state index contributed by atoms with van der Waals surface area (Å²) in [7, 11) is 0. The van der Waals surface area contributed by atoms with Crippen LogP contribution in [0.4, 0.5) is 0 Å². The van der Waals surface area contributed by atoms with Crippen molar-refractivity contribution < 1.29 is 0 Å². The van der Waals surface area contributed by atoms with Gasteiger partial charge in [0.15, 0.2) is 0 Å². The first-order valence-corrected chi connectivity index (χ1v) is 18.3. The summed E-state index contributed by atoms with van der Waals surface area (Å²) in [5.74, 6) is 0. The van der Waals surface area contributed by atoms with Gasteiger partial charge in [-0.05, 0) is 89.7 Å². The fraction of sp³-hybridized carbons (Fsp3) is 0.0400. The van der Waals surface area contributed by atoms with Crippen molar-refractivity contribution >= 4 is 49.3 Å². The van der Waals surface area contributed by atoms with Gasteiger partial charge in [-0.2, -0.15) is 10.5 Å². The van der Waals surface area contributed by atoms with E-state index in [1.54, 1.807) is 0 Å². The van der Waals surface area contributed by atoms with Gasteiger partial charge in [0.05, 0.1) is 45.3 Å². The molecule has 7 aromatic carbocycles. The minimum atomic E-state index is 0.636. The van der Waals surface area contributed by atoms with Crippen molar-refractivity contribution in [3.63, 3.8) is 0 Å². The lowest BCUT2D eigenvalue weighted by Gasteiger charge is -2.19. The molecule has 2 heterocycles. The van der Waals surface area contributed by atoms with E-state index >= 15 is 0 Å². The van der Waals surface area contributed by atoms with Crippen LogP contribution in [-0.4, -0.2) is 9.13 Å². The molecular formula is C50H32N4. The number of hydrogen-bond acceptors (Lipinski definition) is 2. The van der Waals surface area contributed by atoms with E-state index in [2.05, 4.69) is 155 Å². The van der Waals surface area contributed by atoms with E-state index in [9.17, 15) is 10.5 Å². The largest absolute Gasteiger partial charge is 0.309 e. The SMILES string of the molecule is N#Cc1ccc(-n2c3ccccc3c3cccc(-c4ccccc4-c4ccccc4-c4cccc5c6cc(C#N)ccc6n(C6=CCCC=C6)c45)c32)cc1. The molecule has 1 aliphatic rings. The van der Waals surface area contributed by atoms with Crippen LogP contribution in [0.2, 0.25) is 0 Å². The third-order valence-corrected chi connectivity index (χ3v) is 10.8. The molecule has 0 fully saturated rings. The zero-order valence-corrected chi connectivity index (χ0v) is 29.4. The van der Waals surface area contributed by atoms with Gasteiger partial charge in [-0.3, -0.25) is 0 Å². The molecular weight excluding hydrogens is 657 g/mol. The lowest BCUT2D eigenvalue weighted by atomic mass is 9.88. The second kappa shape index (κ2) is 12.7. The first kappa shape index (κ1) is 31.3. The molecule has 4 heteroatoms. The molecule has 4 nitrogen and oxygen atoms in total. The van der Waals surface area contributed by atoms with Gasteiger partial charge in [0.1, 0.15) is 0 Å². The van der Waals surface area contributed by atoms with Crippen LogP contribution < -0.4 is 0 Å². The van der Waals surface area contributed by atoms with Crippen molar-refractivity contribution in [3.05, 3.63) is 181 Å². The van der Waals surface area contributed by atoms with E-state index in [0.717, 1.165) is 90.4 Å². The fourth-order valence-electron chi connectivity index (χ4n) is 8.48. The van der Waals surface area contributed by atoms with Crippen LogP contribution in [0.3, 0.4) is 0 Å². The quantitative estimate of drug-likeness (QED) is 0.181. The minimum Gasteiger partial charge on any atom is -0.309 e. The summed E-state index contributed by atoms with van der Waals surface area (Å²) in [5.41, 5.74) is 14.7. The molecule has 0 radical (unpaired) electrons. The van der Waals surface area contributed by atoms with E-state index in [1.807, 2.05) is 36.4 Å². The average molecular weight is 689 g/mol. The summed E-state index contributed by atoms with van der Waals surface area (Å²) in [6.45, 7) is 0. The number of para-hydroxylation sites is 3. The zero-order valence-electron chi connectivity index (χ0n) is 29.4. The van der Waals surface area contributed by atoms with Gasteiger partial charge in [-0.25, -0.2) is 0 Å². The van der Waals surface area contributed by atoms with Crippen LogP contribution in [0.5, 0.6) is 0 Å². The molecule has 54 heavy (non-hydrogen) atoms. The van der Waals surface area contributed by atoms with Crippen molar-refractivity contribution in [2.45, 2.75) is 12.8 Å². The predicted molar refractivity (Wildman–Crippen MR) is 222 cm³/mol. The van der Waals surface area contributed by atoms with Crippen LogP contribution in [-0.2, 0) is 0 Å². The Bertz CT molecular complexity index is 3120. The molecule has 1 aliphatic carbocycles. The summed E-state index contributed by atoms with van der Waals surface area (Å²) >= 11 is 0. The van der Waals surface area contributed by atoms with E-state index in [1.165, 1.54) is 10.8 Å². The Balaban J connectivity index is 1.25. The number of benzene rings is 7. The van der Waals surface area contributed by atoms with Gasteiger partial charge < -0.3 is 9.13 Å². The van der Waals surface area contributed by atoms with Gasteiger partial charge in [0.2, 0.25) is 0 Å².